The molecule has 1 aliphatic heterocycles. The van der Waals surface area contributed by atoms with E-state index in [-0.39, 0.29) is 18.0 Å². The smallest absolute Gasteiger partial charge is 0.244 e. The van der Waals surface area contributed by atoms with Crippen LogP contribution in [0.3, 0.4) is 0 Å². The van der Waals surface area contributed by atoms with E-state index in [1.54, 1.807) is 6.20 Å². The van der Waals surface area contributed by atoms with Crippen molar-refractivity contribution < 1.29 is 4.79 Å². The number of hydrogen-bond donors (Lipinski definition) is 0. The second-order valence-corrected chi connectivity index (χ2v) is 6.33. The molecule has 0 N–H and O–H groups in total. The summed E-state index contributed by atoms with van der Waals surface area (Å²) in [4.78, 5) is 17.2. The van der Waals surface area contributed by atoms with E-state index < -0.39 is 0 Å². The van der Waals surface area contributed by atoms with Gasteiger partial charge in [0.1, 0.15) is 6.04 Å². The van der Waals surface area contributed by atoms with Crippen molar-refractivity contribution in [1.82, 2.24) is 19.6 Å². The van der Waals surface area contributed by atoms with Gasteiger partial charge in [-0.1, -0.05) is 30.3 Å². The average molecular weight is 312 g/mol. The van der Waals surface area contributed by atoms with Gasteiger partial charge >= 0.3 is 0 Å². The number of benzene rings is 1. The molecule has 2 heterocycles. The summed E-state index contributed by atoms with van der Waals surface area (Å²) in [5.41, 5.74) is 1.05. The summed E-state index contributed by atoms with van der Waals surface area (Å²) in [5.74, 6) is 0.191. The standard InChI is InChI=1S/C18H24N4O/c1-20(2)17(15-8-4-3-5-9-15)18(23)22-13-6-10-16(22)14-21-12-7-11-19-21/h3-5,7-9,11-12,16-17H,6,10,13-14H2,1-2H3. The lowest BCUT2D eigenvalue weighted by atomic mass is 10.0. The number of likely N-dealkylation sites (N-methyl/N-ethyl adjacent to an activating group) is 1. The summed E-state index contributed by atoms with van der Waals surface area (Å²) in [6.07, 6.45) is 5.85. The van der Waals surface area contributed by atoms with Crippen LogP contribution in [0.25, 0.3) is 0 Å². The minimum Gasteiger partial charge on any atom is -0.336 e. The van der Waals surface area contributed by atoms with Crippen molar-refractivity contribution in [2.75, 3.05) is 20.6 Å². The third-order valence-corrected chi connectivity index (χ3v) is 4.48. The van der Waals surface area contributed by atoms with Gasteiger partial charge in [0.25, 0.3) is 0 Å². The van der Waals surface area contributed by atoms with Crippen LogP contribution in [0.5, 0.6) is 0 Å². The number of carbonyl (C=O) groups is 1. The number of likely N-dealkylation sites (tertiary alicyclic amines) is 1. The topological polar surface area (TPSA) is 41.4 Å². The van der Waals surface area contributed by atoms with Gasteiger partial charge < -0.3 is 4.90 Å². The summed E-state index contributed by atoms with van der Waals surface area (Å²) in [7, 11) is 3.93. The molecule has 0 spiro atoms. The van der Waals surface area contributed by atoms with Crippen molar-refractivity contribution in [2.45, 2.75) is 31.5 Å². The van der Waals surface area contributed by atoms with Gasteiger partial charge in [-0.2, -0.15) is 5.10 Å². The van der Waals surface area contributed by atoms with Crippen LogP contribution in [-0.2, 0) is 11.3 Å². The Labute approximate surface area is 137 Å². The number of hydrogen-bond acceptors (Lipinski definition) is 3. The first-order valence-corrected chi connectivity index (χ1v) is 8.16. The van der Waals surface area contributed by atoms with Crippen LogP contribution in [0.1, 0.15) is 24.4 Å². The maximum atomic E-state index is 13.2. The van der Waals surface area contributed by atoms with E-state index in [4.69, 9.17) is 0 Å². The van der Waals surface area contributed by atoms with Crippen LogP contribution in [0.4, 0.5) is 0 Å². The van der Waals surface area contributed by atoms with Gasteiger partial charge in [0.05, 0.1) is 12.6 Å². The van der Waals surface area contributed by atoms with E-state index in [9.17, 15) is 4.79 Å². The molecule has 3 rings (SSSR count). The SMILES string of the molecule is CN(C)C(C(=O)N1CCCC1Cn1cccn1)c1ccccc1. The van der Waals surface area contributed by atoms with Crippen molar-refractivity contribution in [1.29, 1.82) is 0 Å². The quantitative estimate of drug-likeness (QED) is 0.850. The fraction of sp³-hybridized carbons (Fsp3) is 0.444. The highest BCUT2D eigenvalue weighted by atomic mass is 16.2. The number of rotatable bonds is 5. The normalized spacial score (nSPS) is 19.3. The Hall–Kier alpha value is -2.14. The van der Waals surface area contributed by atoms with Crippen molar-refractivity contribution >= 4 is 5.91 Å². The maximum Gasteiger partial charge on any atom is 0.244 e. The third-order valence-electron chi connectivity index (χ3n) is 4.48. The Bertz CT molecular complexity index is 624. The molecule has 1 aromatic carbocycles. The Morgan fingerprint density at radius 2 is 2.09 bits per heavy atom. The lowest BCUT2D eigenvalue weighted by molar-refractivity contribution is -0.137. The molecule has 23 heavy (non-hydrogen) atoms. The van der Waals surface area contributed by atoms with E-state index >= 15 is 0 Å². The molecule has 1 fully saturated rings. The van der Waals surface area contributed by atoms with Crippen molar-refractivity contribution in [3.05, 3.63) is 54.4 Å². The molecule has 0 saturated carbocycles. The molecule has 1 saturated heterocycles. The number of amides is 1. The van der Waals surface area contributed by atoms with E-state index in [0.29, 0.717) is 0 Å². The van der Waals surface area contributed by atoms with Gasteiger partial charge in [-0.3, -0.25) is 14.4 Å². The number of nitrogens with zero attached hydrogens (tertiary/aromatic N) is 4. The molecule has 2 aromatic rings. The molecule has 0 aliphatic carbocycles. The minimum absolute atomic E-state index is 0.191. The molecular weight excluding hydrogens is 288 g/mol. The fourth-order valence-electron chi connectivity index (χ4n) is 3.39. The third kappa shape index (κ3) is 3.45. The first kappa shape index (κ1) is 15.7. The van der Waals surface area contributed by atoms with Crippen molar-refractivity contribution in [3.8, 4) is 0 Å². The number of aromatic nitrogens is 2. The summed E-state index contributed by atoms with van der Waals surface area (Å²) in [6, 6.07) is 11.9. The van der Waals surface area contributed by atoms with Crippen LogP contribution in [0, 0.1) is 0 Å². The summed E-state index contributed by atoms with van der Waals surface area (Å²) < 4.78 is 1.92. The average Bonchev–Trinajstić information content (AvgIpc) is 3.20. The summed E-state index contributed by atoms with van der Waals surface area (Å²) in [6.45, 7) is 1.61. The highest BCUT2D eigenvalue weighted by Gasteiger charge is 2.35. The highest BCUT2D eigenvalue weighted by molar-refractivity contribution is 5.83. The van der Waals surface area contributed by atoms with Crippen LogP contribution < -0.4 is 0 Å². The maximum absolute atomic E-state index is 13.2. The van der Waals surface area contributed by atoms with Gasteiger partial charge in [-0.25, -0.2) is 0 Å². The Balaban J connectivity index is 1.79. The van der Waals surface area contributed by atoms with Crippen LogP contribution in [0.15, 0.2) is 48.8 Å². The fourth-order valence-corrected chi connectivity index (χ4v) is 3.39. The monoisotopic (exact) mass is 312 g/mol. The van der Waals surface area contributed by atoms with Crippen LogP contribution >= 0.6 is 0 Å². The highest BCUT2D eigenvalue weighted by Crippen LogP contribution is 2.26. The van der Waals surface area contributed by atoms with Crippen LogP contribution in [0.2, 0.25) is 0 Å². The van der Waals surface area contributed by atoms with Gasteiger partial charge in [-0.15, -0.1) is 0 Å². The zero-order valence-electron chi connectivity index (χ0n) is 13.8. The van der Waals surface area contributed by atoms with E-state index in [2.05, 4.69) is 5.10 Å². The van der Waals surface area contributed by atoms with Crippen LogP contribution in [-0.4, -0.2) is 52.2 Å². The zero-order chi connectivity index (χ0) is 16.2. The van der Waals surface area contributed by atoms with E-state index in [0.717, 1.165) is 31.5 Å². The lowest BCUT2D eigenvalue weighted by Gasteiger charge is -2.32. The van der Waals surface area contributed by atoms with Gasteiger partial charge in [0.2, 0.25) is 5.91 Å². The van der Waals surface area contributed by atoms with Gasteiger partial charge in [-0.05, 0) is 38.6 Å². The van der Waals surface area contributed by atoms with Crippen molar-refractivity contribution in [3.63, 3.8) is 0 Å². The summed E-state index contributed by atoms with van der Waals surface area (Å²) >= 11 is 0. The minimum atomic E-state index is -0.227. The predicted molar refractivity (Wildman–Crippen MR) is 89.8 cm³/mol. The number of carbonyl (C=O) groups excluding carboxylic acids is 1. The van der Waals surface area contributed by atoms with Gasteiger partial charge in [0.15, 0.2) is 0 Å². The zero-order valence-corrected chi connectivity index (χ0v) is 13.8. The molecule has 0 bridgehead atoms. The molecule has 1 aliphatic rings. The summed E-state index contributed by atoms with van der Waals surface area (Å²) in [5, 5.41) is 4.28. The first-order valence-electron chi connectivity index (χ1n) is 8.16. The molecule has 1 amide bonds. The Morgan fingerprint density at radius 3 is 2.74 bits per heavy atom. The Kier molecular flexibility index (Phi) is 4.76. The second kappa shape index (κ2) is 6.96. The molecule has 0 radical (unpaired) electrons. The van der Waals surface area contributed by atoms with E-state index in [1.165, 1.54) is 0 Å². The van der Waals surface area contributed by atoms with Gasteiger partial charge in [0, 0.05) is 18.9 Å². The predicted octanol–water partition coefficient (Wildman–Crippen LogP) is 2.18. The molecule has 122 valence electrons. The van der Waals surface area contributed by atoms with E-state index in [1.807, 2.05) is 71.2 Å². The largest absolute Gasteiger partial charge is 0.336 e. The molecule has 2 unspecified atom stereocenters. The molecule has 5 heteroatoms. The molecule has 2 atom stereocenters. The molecule has 1 aromatic heterocycles. The lowest BCUT2D eigenvalue weighted by Crippen LogP contribution is -2.44. The second-order valence-electron chi connectivity index (χ2n) is 6.33. The first-order chi connectivity index (χ1) is 11.2. The molecular formula is C18H24N4O. The molecule has 5 nitrogen and oxygen atoms in total. The Morgan fingerprint density at radius 1 is 1.30 bits per heavy atom. The van der Waals surface area contributed by atoms with Crippen molar-refractivity contribution in [2.24, 2.45) is 0 Å².